The second-order valence-electron chi connectivity index (χ2n) is 4.89. The Kier molecular flexibility index (Phi) is 4.30. The maximum Gasteiger partial charge on any atom is 0.149 e. The molecule has 4 nitrogen and oxygen atoms in total. The lowest BCUT2D eigenvalue weighted by atomic mass is 10.2. The van der Waals surface area contributed by atoms with Crippen LogP contribution >= 0.6 is 11.6 Å². The molecule has 0 spiro atoms. The maximum absolute atomic E-state index is 6.18. The quantitative estimate of drug-likeness (QED) is 0.761. The van der Waals surface area contributed by atoms with E-state index in [0.717, 1.165) is 12.2 Å². The summed E-state index contributed by atoms with van der Waals surface area (Å²) in [5.41, 5.74) is 2.20. The molecule has 0 amide bonds. The van der Waals surface area contributed by atoms with Gasteiger partial charge in [-0.25, -0.2) is 4.98 Å². The third-order valence-electron chi connectivity index (χ3n) is 3.27. The standard InChI is InChI=1S/C17H16ClN3O/c1-22-15-9-16(18)17(19-10-15)20-14-7-8-21(12-14)11-13-5-3-2-4-6-13/h2-10,12H,11H2,1H3,(H,19,20). The fraction of sp³-hybridized carbons (Fsp3) is 0.118. The number of methoxy groups -OCH3 is 1. The van der Waals surface area contributed by atoms with Crippen molar-refractivity contribution in [1.82, 2.24) is 9.55 Å². The fourth-order valence-electron chi connectivity index (χ4n) is 2.17. The minimum absolute atomic E-state index is 0.523. The Morgan fingerprint density at radius 2 is 2.05 bits per heavy atom. The van der Waals surface area contributed by atoms with E-state index in [9.17, 15) is 0 Å². The van der Waals surface area contributed by atoms with E-state index in [1.165, 1.54) is 5.56 Å². The number of ether oxygens (including phenoxy) is 1. The van der Waals surface area contributed by atoms with Crippen LogP contribution < -0.4 is 10.1 Å². The van der Waals surface area contributed by atoms with Gasteiger partial charge in [0.25, 0.3) is 0 Å². The van der Waals surface area contributed by atoms with Gasteiger partial charge in [0.15, 0.2) is 0 Å². The first-order chi connectivity index (χ1) is 10.7. The number of rotatable bonds is 5. The van der Waals surface area contributed by atoms with Crippen molar-refractivity contribution >= 4 is 23.1 Å². The Bertz CT molecular complexity index is 756. The van der Waals surface area contributed by atoms with Gasteiger partial charge in [-0.15, -0.1) is 0 Å². The Morgan fingerprint density at radius 3 is 2.77 bits per heavy atom. The number of anilines is 2. The molecule has 1 N–H and O–H groups in total. The zero-order valence-electron chi connectivity index (χ0n) is 12.2. The van der Waals surface area contributed by atoms with Crippen molar-refractivity contribution in [2.75, 3.05) is 12.4 Å². The smallest absolute Gasteiger partial charge is 0.149 e. The Balaban J connectivity index is 1.72. The molecule has 3 aromatic rings. The highest BCUT2D eigenvalue weighted by Crippen LogP contribution is 2.26. The van der Waals surface area contributed by atoms with Crippen molar-refractivity contribution in [1.29, 1.82) is 0 Å². The molecular formula is C17H16ClN3O. The molecule has 0 unspecified atom stereocenters. The summed E-state index contributed by atoms with van der Waals surface area (Å²) in [5.74, 6) is 1.25. The predicted molar refractivity (Wildman–Crippen MR) is 89.1 cm³/mol. The van der Waals surface area contributed by atoms with E-state index in [0.29, 0.717) is 16.6 Å². The predicted octanol–water partition coefficient (Wildman–Crippen LogP) is 4.34. The molecule has 3 rings (SSSR count). The van der Waals surface area contributed by atoms with Gasteiger partial charge >= 0.3 is 0 Å². The lowest BCUT2D eigenvalue weighted by Crippen LogP contribution is -1.97. The van der Waals surface area contributed by atoms with E-state index in [1.54, 1.807) is 19.4 Å². The van der Waals surface area contributed by atoms with E-state index in [2.05, 4.69) is 27.0 Å². The van der Waals surface area contributed by atoms with Crippen molar-refractivity contribution in [3.05, 3.63) is 71.6 Å². The van der Waals surface area contributed by atoms with Crippen LogP contribution in [0, 0.1) is 0 Å². The van der Waals surface area contributed by atoms with Crippen LogP contribution in [0.1, 0.15) is 5.56 Å². The summed E-state index contributed by atoms with van der Waals surface area (Å²) in [4.78, 5) is 4.26. The molecule has 1 aromatic carbocycles. The number of hydrogen-bond acceptors (Lipinski definition) is 3. The number of nitrogens with one attached hydrogen (secondary N) is 1. The van der Waals surface area contributed by atoms with Gasteiger partial charge in [0.05, 0.1) is 24.0 Å². The number of hydrogen-bond donors (Lipinski definition) is 1. The third-order valence-corrected chi connectivity index (χ3v) is 3.56. The first-order valence-electron chi connectivity index (χ1n) is 6.91. The normalized spacial score (nSPS) is 10.5. The summed E-state index contributed by atoms with van der Waals surface area (Å²) in [7, 11) is 1.59. The van der Waals surface area contributed by atoms with Crippen LogP contribution in [0.3, 0.4) is 0 Å². The molecule has 0 fully saturated rings. The summed E-state index contributed by atoms with van der Waals surface area (Å²) >= 11 is 6.18. The second-order valence-corrected chi connectivity index (χ2v) is 5.30. The number of halogens is 1. The SMILES string of the molecule is COc1cnc(Nc2ccn(Cc3ccccc3)c2)c(Cl)c1. The van der Waals surface area contributed by atoms with E-state index in [4.69, 9.17) is 16.3 Å². The van der Waals surface area contributed by atoms with Gasteiger partial charge in [-0.1, -0.05) is 41.9 Å². The van der Waals surface area contributed by atoms with Crippen LogP contribution in [0.4, 0.5) is 11.5 Å². The lowest BCUT2D eigenvalue weighted by Gasteiger charge is -2.07. The van der Waals surface area contributed by atoms with Crippen LogP contribution in [0.25, 0.3) is 0 Å². The molecule has 0 atom stereocenters. The van der Waals surface area contributed by atoms with Gasteiger partial charge in [0.1, 0.15) is 11.6 Å². The van der Waals surface area contributed by atoms with Crippen molar-refractivity contribution in [3.8, 4) is 5.75 Å². The zero-order chi connectivity index (χ0) is 15.4. The summed E-state index contributed by atoms with van der Waals surface area (Å²) in [6.45, 7) is 0.826. The molecule has 22 heavy (non-hydrogen) atoms. The van der Waals surface area contributed by atoms with Gasteiger partial charge in [-0.3, -0.25) is 0 Å². The average molecular weight is 314 g/mol. The summed E-state index contributed by atoms with van der Waals surface area (Å²) in [6.07, 6.45) is 5.68. The average Bonchev–Trinajstić information content (AvgIpc) is 2.97. The third kappa shape index (κ3) is 3.40. The van der Waals surface area contributed by atoms with Crippen LogP contribution in [-0.4, -0.2) is 16.7 Å². The molecule has 0 radical (unpaired) electrons. The van der Waals surface area contributed by atoms with Gasteiger partial charge < -0.3 is 14.6 Å². The first kappa shape index (κ1) is 14.5. The Hall–Kier alpha value is -2.46. The summed E-state index contributed by atoms with van der Waals surface area (Å²) < 4.78 is 7.20. The van der Waals surface area contributed by atoms with Crippen LogP contribution in [0.5, 0.6) is 5.75 Å². The molecule has 0 saturated heterocycles. The highest BCUT2D eigenvalue weighted by Gasteiger charge is 2.05. The minimum Gasteiger partial charge on any atom is -0.495 e. The fourth-order valence-corrected chi connectivity index (χ4v) is 2.37. The van der Waals surface area contributed by atoms with Gasteiger partial charge in [0, 0.05) is 25.0 Å². The first-order valence-corrected chi connectivity index (χ1v) is 7.28. The molecule has 5 heteroatoms. The molecule has 0 saturated carbocycles. The van der Waals surface area contributed by atoms with Crippen molar-refractivity contribution in [2.24, 2.45) is 0 Å². The van der Waals surface area contributed by atoms with E-state index < -0.39 is 0 Å². The topological polar surface area (TPSA) is 39.1 Å². The maximum atomic E-state index is 6.18. The van der Waals surface area contributed by atoms with Gasteiger partial charge in [0.2, 0.25) is 0 Å². The van der Waals surface area contributed by atoms with Crippen molar-refractivity contribution in [2.45, 2.75) is 6.54 Å². The Labute approximate surface area is 134 Å². The molecule has 2 heterocycles. The lowest BCUT2D eigenvalue weighted by molar-refractivity contribution is 0.413. The number of aromatic nitrogens is 2. The van der Waals surface area contributed by atoms with Crippen LogP contribution in [0.2, 0.25) is 5.02 Å². The monoisotopic (exact) mass is 313 g/mol. The largest absolute Gasteiger partial charge is 0.495 e. The number of nitrogens with zero attached hydrogens (tertiary/aromatic N) is 2. The molecule has 2 aromatic heterocycles. The van der Waals surface area contributed by atoms with E-state index in [-0.39, 0.29) is 0 Å². The minimum atomic E-state index is 0.523. The molecular weight excluding hydrogens is 298 g/mol. The van der Waals surface area contributed by atoms with Crippen molar-refractivity contribution in [3.63, 3.8) is 0 Å². The van der Waals surface area contributed by atoms with E-state index in [1.807, 2.05) is 36.7 Å². The van der Waals surface area contributed by atoms with E-state index >= 15 is 0 Å². The Morgan fingerprint density at radius 1 is 1.23 bits per heavy atom. The summed E-state index contributed by atoms with van der Waals surface area (Å²) in [6, 6.07) is 14.0. The molecule has 0 aliphatic rings. The zero-order valence-corrected chi connectivity index (χ0v) is 12.9. The van der Waals surface area contributed by atoms with Crippen LogP contribution in [0.15, 0.2) is 61.1 Å². The highest BCUT2D eigenvalue weighted by molar-refractivity contribution is 6.33. The summed E-state index contributed by atoms with van der Waals surface area (Å²) in [5, 5.41) is 3.73. The van der Waals surface area contributed by atoms with Gasteiger partial charge in [-0.05, 0) is 11.6 Å². The highest BCUT2D eigenvalue weighted by atomic mass is 35.5. The number of pyridine rings is 1. The number of benzene rings is 1. The van der Waals surface area contributed by atoms with Crippen LogP contribution in [-0.2, 0) is 6.54 Å². The van der Waals surface area contributed by atoms with Gasteiger partial charge in [-0.2, -0.15) is 0 Å². The molecule has 0 bridgehead atoms. The molecule has 0 aliphatic carbocycles. The second kappa shape index (κ2) is 6.54. The molecule has 112 valence electrons. The van der Waals surface area contributed by atoms with Crippen molar-refractivity contribution < 1.29 is 4.74 Å². The molecule has 0 aliphatic heterocycles.